The van der Waals surface area contributed by atoms with E-state index >= 15 is 0 Å². The predicted octanol–water partition coefficient (Wildman–Crippen LogP) is 5.34. The van der Waals surface area contributed by atoms with E-state index in [9.17, 15) is 0 Å². The Morgan fingerprint density at radius 2 is 1.88 bits per heavy atom. The molecule has 0 N–H and O–H groups in total. The summed E-state index contributed by atoms with van der Waals surface area (Å²) in [4.78, 5) is 7.42. The first kappa shape index (κ1) is 20.6. The quantitative estimate of drug-likeness (QED) is 0.505. The summed E-state index contributed by atoms with van der Waals surface area (Å²) in [7, 11) is 0. The predicted molar refractivity (Wildman–Crippen MR) is 111 cm³/mol. The van der Waals surface area contributed by atoms with Crippen molar-refractivity contribution in [3.8, 4) is 0 Å². The molecule has 0 saturated carbocycles. The lowest BCUT2D eigenvalue weighted by atomic mass is 9.91. The van der Waals surface area contributed by atoms with Gasteiger partial charge in [0.25, 0.3) is 0 Å². The number of hydrogen-bond donors (Lipinski definition) is 0. The smallest absolute Gasteiger partial charge is 0.0864 e. The number of hydrogen-bond acceptors (Lipinski definition) is 3. The van der Waals surface area contributed by atoms with Crippen LogP contribution in [0.1, 0.15) is 47.0 Å². The molecule has 1 saturated heterocycles. The summed E-state index contributed by atoms with van der Waals surface area (Å²) in [5.41, 5.74) is 5.14. The van der Waals surface area contributed by atoms with Crippen LogP contribution < -0.4 is 0 Å². The van der Waals surface area contributed by atoms with Gasteiger partial charge in [-0.25, -0.2) is 4.99 Å². The lowest BCUT2D eigenvalue weighted by Crippen LogP contribution is -2.37. The zero-order chi connectivity index (χ0) is 18.4. The maximum absolute atomic E-state index is 5.47. The summed E-state index contributed by atoms with van der Waals surface area (Å²) < 4.78 is 6.51. The topological polar surface area (TPSA) is 24.8 Å². The maximum Gasteiger partial charge on any atom is 0.0864 e. The molecule has 4 heteroatoms. The minimum Gasteiger partial charge on any atom is -0.379 e. The van der Waals surface area contributed by atoms with Crippen LogP contribution in [0, 0.1) is 11.8 Å². The summed E-state index contributed by atoms with van der Waals surface area (Å²) in [5.74, 6) is 0.945. The fraction of sp³-hybridized carbons (Fsp3) is 0.667. The molecule has 1 fully saturated rings. The van der Waals surface area contributed by atoms with Gasteiger partial charge >= 0.3 is 0 Å². The highest BCUT2D eigenvalue weighted by Gasteiger charge is 2.23. The average molecular weight is 409 g/mol. The van der Waals surface area contributed by atoms with E-state index in [1.807, 2.05) is 0 Å². The highest BCUT2D eigenvalue weighted by Crippen LogP contribution is 2.36. The normalized spacial score (nSPS) is 22.1. The van der Waals surface area contributed by atoms with Crippen LogP contribution in [0.2, 0.25) is 0 Å². The van der Waals surface area contributed by atoms with E-state index in [2.05, 4.69) is 61.2 Å². The molecule has 1 heterocycles. The van der Waals surface area contributed by atoms with Crippen LogP contribution in [0.3, 0.4) is 0 Å². The molecule has 2 rings (SSSR count). The van der Waals surface area contributed by atoms with Crippen molar-refractivity contribution in [1.82, 2.24) is 4.90 Å². The molecule has 0 bridgehead atoms. The SMILES string of the molecule is C=C(C1=C(N=C(Br)C(C)CC)C=C(CN2CCOCC2)C1)C(C)CC. The van der Waals surface area contributed by atoms with Crippen LogP contribution in [0.4, 0.5) is 0 Å². The highest BCUT2D eigenvalue weighted by molar-refractivity contribution is 9.18. The van der Waals surface area contributed by atoms with Gasteiger partial charge in [0, 0.05) is 25.6 Å². The molecule has 0 aromatic rings. The van der Waals surface area contributed by atoms with Gasteiger partial charge in [-0.15, -0.1) is 0 Å². The Bertz CT molecular complexity index is 570. The van der Waals surface area contributed by atoms with E-state index in [1.165, 1.54) is 16.7 Å². The van der Waals surface area contributed by atoms with Crippen LogP contribution in [0.25, 0.3) is 0 Å². The summed E-state index contributed by atoms with van der Waals surface area (Å²) >= 11 is 3.69. The van der Waals surface area contributed by atoms with Crippen LogP contribution in [0.5, 0.6) is 0 Å². The summed E-state index contributed by atoms with van der Waals surface area (Å²) in [6.45, 7) is 18.1. The first-order chi connectivity index (χ1) is 12.0. The zero-order valence-electron chi connectivity index (χ0n) is 16.3. The third-order valence-corrected chi connectivity index (χ3v) is 6.38. The van der Waals surface area contributed by atoms with E-state index in [0.29, 0.717) is 11.8 Å². The van der Waals surface area contributed by atoms with Gasteiger partial charge in [-0.1, -0.05) is 34.3 Å². The molecule has 2 unspecified atom stereocenters. The van der Waals surface area contributed by atoms with Gasteiger partial charge in [-0.2, -0.15) is 0 Å². The Morgan fingerprint density at radius 3 is 2.48 bits per heavy atom. The van der Waals surface area contributed by atoms with Gasteiger partial charge in [-0.3, -0.25) is 4.90 Å². The number of allylic oxidation sites excluding steroid dienone is 3. The molecule has 0 amide bonds. The molecule has 2 atom stereocenters. The fourth-order valence-electron chi connectivity index (χ4n) is 3.11. The van der Waals surface area contributed by atoms with E-state index in [-0.39, 0.29) is 0 Å². The van der Waals surface area contributed by atoms with E-state index in [1.54, 1.807) is 0 Å². The molecule has 0 aromatic carbocycles. The van der Waals surface area contributed by atoms with Crippen molar-refractivity contribution in [3.63, 3.8) is 0 Å². The van der Waals surface area contributed by atoms with Gasteiger partial charge in [0.15, 0.2) is 0 Å². The maximum atomic E-state index is 5.47. The lowest BCUT2D eigenvalue weighted by Gasteiger charge is -2.27. The average Bonchev–Trinajstić information content (AvgIpc) is 3.02. The molecule has 1 aliphatic heterocycles. The second-order valence-electron chi connectivity index (χ2n) is 7.31. The molecule has 2 aliphatic rings. The van der Waals surface area contributed by atoms with Gasteiger partial charge in [0.1, 0.15) is 0 Å². The minimum absolute atomic E-state index is 0.447. The standard InChI is InChI=1S/C21H33BrN2O/c1-6-15(3)17(5)19-12-18(14-24-8-10-25-11-9-24)13-20(19)23-21(22)16(4)7-2/h13,15-16H,5-12,14H2,1-4H3. The van der Waals surface area contributed by atoms with Crippen molar-refractivity contribution in [2.75, 3.05) is 32.8 Å². The van der Waals surface area contributed by atoms with Crippen LogP contribution in [-0.4, -0.2) is 42.4 Å². The second kappa shape index (κ2) is 9.84. The highest BCUT2D eigenvalue weighted by atomic mass is 79.9. The van der Waals surface area contributed by atoms with Crippen LogP contribution in [0.15, 0.2) is 40.1 Å². The summed E-state index contributed by atoms with van der Waals surface area (Å²) in [6.07, 6.45) is 5.48. The minimum atomic E-state index is 0.447. The number of morpholine rings is 1. The van der Waals surface area contributed by atoms with E-state index < -0.39 is 0 Å². The second-order valence-corrected chi connectivity index (χ2v) is 8.12. The first-order valence-electron chi connectivity index (χ1n) is 9.62. The fourth-order valence-corrected chi connectivity index (χ4v) is 3.63. The number of halogens is 1. The molecule has 1 aliphatic carbocycles. The largest absolute Gasteiger partial charge is 0.379 e. The molecule has 25 heavy (non-hydrogen) atoms. The molecule has 140 valence electrons. The summed E-state index contributed by atoms with van der Waals surface area (Å²) in [6, 6.07) is 0. The van der Waals surface area contributed by atoms with Gasteiger partial charge < -0.3 is 4.74 Å². The van der Waals surface area contributed by atoms with Gasteiger partial charge in [0.2, 0.25) is 0 Å². The van der Waals surface area contributed by atoms with E-state index in [0.717, 1.165) is 62.4 Å². The molecule has 3 nitrogen and oxygen atoms in total. The van der Waals surface area contributed by atoms with Crippen molar-refractivity contribution >= 4 is 20.6 Å². The Morgan fingerprint density at radius 1 is 1.24 bits per heavy atom. The molecule has 0 radical (unpaired) electrons. The lowest BCUT2D eigenvalue weighted by molar-refractivity contribution is 0.0421. The summed E-state index contributed by atoms with van der Waals surface area (Å²) in [5, 5.41) is 0. The number of nitrogens with zero attached hydrogens (tertiary/aromatic N) is 2. The van der Waals surface area contributed by atoms with Crippen molar-refractivity contribution in [2.24, 2.45) is 16.8 Å². The van der Waals surface area contributed by atoms with Crippen LogP contribution in [-0.2, 0) is 4.74 Å². The Hall–Kier alpha value is -0.710. The van der Waals surface area contributed by atoms with Gasteiger partial charge in [0.05, 0.1) is 23.5 Å². The zero-order valence-corrected chi connectivity index (χ0v) is 17.9. The Kier molecular flexibility index (Phi) is 8.11. The van der Waals surface area contributed by atoms with E-state index in [4.69, 9.17) is 9.73 Å². The van der Waals surface area contributed by atoms with Crippen LogP contribution >= 0.6 is 15.9 Å². The van der Waals surface area contributed by atoms with Crippen molar-refractivity contribution < 1.29 is 4.74 Å². The monoisotopic (exact) mass is 408 g/mol. The van der Waals surface area contributed by atoms with Crippen molar-refractivity contribution in [3.05, 3.63) is 35.1 Å². The Balaban J connectivity index is 2.20. The van der Waals surface area contributed by atoms with Crippen molar-refractivity contribution in [2.45, 2.75) is 47.0 Å². The van der Waals surface area contributed by atoms with Gasteiger partial charge in [-0.05, 0) is 63.9 Å². The first-order valence-corrected chi connectivity index (χ1v) is 10.4. The third kappa shape index (κ3) is 5.63. The number of aliphatic imine (C=N–C) groups is 1. The molecular formula is C21H33BrN2O. The molecular weight excluding hydrogens is 376 g/mol. The number of rotatable bonds is 8. The molecule has 0 aromatic heterocycles. The molecule has 0 spiro atoms. The Labute approximate surface area is 162 Å². The third-order valence-electron chi connectivity index (χ3n) is 5.43. The number of ether oxygens (including phenoxy) is 1. The van der Waals surface area contributed by atoms with Crippen molar-refractivity contribution in [1.29, 1.82) is 0 Å².